The predicted octanol–water partition coefficient (Wildman–Crippen LogP) is 2.77. The molecule has 1 aromatic carbocycles. The number of nitrogens with one attached hydrogen (secondary N) is 2. The van der Waals surface area contributed by atoms with Gasteiger partial charge < -0.3 is 21.1 Å². The zero-order chi connectivity index (χ0) is 21.4. The Morgan fingerprint density at radius 2 is 2.10 bits per heavy atom. The van der Waals surface area contributed by atoms with E-state index in [2.05, 4.69) is 15.6 Å². The lowest BCUT2D eigenvalue weighted by molar-refractivity contribution is -0.136. The molecule has 29 heavy (non-hydrogen) atoms. The number of fused-ring (bicyclic) bond motifs is 1. The Hall–Kier alpha value is -2.23. The molecule has 1 fully saturated rings. The number of aromatic nitrogens is 1. The van der Waals surface area contributed by atoms with Gasteiger partial charge in [-0.25, -0.2) is 0 Å². The Morgan fingerprint density at radius 1 is 1.38 bits per heavy atom. The van der Waals surface area contributed by atoms with Crippen molar-refractivity contribution in [3.05, 3.63) is 35.0 Å². The van der Waals surface area contributed by atoms with Crippen molar-refractivity contribution in [1.82, 2.24) is 10.3 Å². The zero-order valence-corrected chi connectivity index (χ0v) is 16.6. The largest absolute Gasteiger partial charge is 0.418 e. The van der Waals surface area contributed by atoms with Crippen LogP contribution in [0.4, 0.5) is 18.9 Å². The molecule has 158 valence electrons. The number of anilines is 1. The molecule has 1 amide bonds. The van der Waals surface area contributed by atoms with E-state index >= 15 is 0 Å². The fourth-order valence-electron chi connectivity index (χ4n) is 3.36. The van der Waals surface area contributed by atoms with Crippen molar-refractivity contribution in [2.24, 2.45) is 5.73 Å². The summed E-state index contributed by atoms with van der Waals surface area (Å²) in [6.45, 7) is 6.48. The summed E-state index contributed by atoms with van der Waals surface area (Å²) < 4.78 is 46.4. The van der Waals surface area contributed by atoms with Crippen molar-refractivity contribution >= 4 is 22.5 Å². The van der Waals surface area contributed by atoms with Crippen LogP contribution in [0.5, 0.6) is 0 Å². The van der Waals surface area contributed by atoms with Gasteiger partial charge in [0, 0.05) is 36.1 Å². The number of alkyl halides is 3. The van der Waals surface area contributed by atoms with E-state index in [9.17, 15) is 18.0 Å². The van der Waals surface area contributed by atoms with Crippen molar-refractivity contribution in [1.29, 1.82) is 0 Å². The SMILES string of the molecule is Cc1cc(C(F)(F)F)c2nc(CC(C)(C)N)ccc2c1NC(=O)C1CNCCO1. The summed E-state index contributed by atoms with van der Waals surface area (Å²) in [4.78, 5) is 16.8. The summed E-state index contributed by atoms with van der Waals surface area (Å²) >= 11 is 0. The average Bonchev–Trinajstić information content (AvgIpc) is 2.62. The summed E-state index contributed by atoms with van der Waals surface area (Å²) in [5.41, 5.74) is 5.40. The maximum absolute atomic E-state index is 13.7. The van der Waals surface area contributed by atoms with Crippen molar-refractivity contribution in [2.75, 3.05) is 25.0 Å². The summed E-state index contributed by atoms with van der Waals surface area (Å²) in [6.07, 6.45) is -4.96. The summed E-state index contributed by atoms with van der Waals surface area (Å²) in [7, 11) is 0. The first-order chi connectivity index (χ1) is 13.5. The van der Waals surface area contributed by atoms with Crippen LogP contribution >= 0.6 is 0 Å². The van der Waals surface area contributed by atoms with Gasteiger partial charge in [-0.15, -0.1) is 0 Å². The Morgan fingerprint density at radius 3 is 2.69 bits per heavy atom. The molecule has 1 saturated heterocycles. The first-order valence-corrected chi connectivity index (χ1v) is 9.38. The number of carbonyl (C=O) groups excluding carboxylic acids is 1. The van der Waals surface area contributed by atoms with E-state index in [0.717, 1.165) is 6.07 Å². The Kier molecular flexibility index (Phi) is 5.84. The number of nitrogens with two attached hydrogens (primary N) is 1. The van der Waals surface area contributed by atoms with E-state index in [1.807, 2.05) is 0 Å². The van der Waals surface area contributed by atoms with Gasteiger partial charge >= 0.3 is 6.18 Å². The molecule has 1 unspecified atom stereocenters. The smallest absolute Gasteiger partial charge is 0.366 e. The van der Waals surface area contributed by atoms with Crippen LogP contribution in [0.1, 0.15) is 30.7 Å². The number of hydrogen-bond acceptors (Lipinski definition) is 5. The third-order valence-electron chi connectivity index (χ3n) is 4.64. The minimum absolute atomic E-state index is 0.206. The van der Waals surface area contributed by atoms with Crippen LogP contribution in [0.15, 0.2) is 18.2 Å². The van der Waals surface area contributed by atoms with Crippen LogP contribution in [0.2, 0.25) is 0 Å². The van der Waals surface area contributed by atoms with E-state index in [0.29, 0.717) is 43.1 Å². The van der Waals surface area contributed by atoms with Gasteiger partial charge in [-0.05, 0) is 44.5 Å². The normalized spacial score (nSPS) is 18.1. The number of rotatable bonds is 4. The Bertz CT molecular complexity index is 917. The van der Waals surface area contributed by atoms with Crippen LogP contribution in [0.25, 0.3) is 10.9 Å². The minimum Gasteiger partial charge on any atom is -0.366 e. The van der Waals surface area contributed by atoms with Crippen molar-refractivity contribution in [2.45, 2.75) is 45.0 Å². The van der Waals surface area contributed by atoms with E-state index in [1.165, 1.54) is 6.92 Å². The second kappa shape index (κ2) is 7.89. The lowest BCUT2D eigenvalue weighted by atomic mass is 9.97. The first kappa shape index (κ1) is 21.5. The van der Waals surface area contributed by atoms with E-state index < -0.39 is 29.3 Å². The monoisotopic (exact) mass is 410 g/mol. The third-order valence-corrected chi connectivity index (χ3v) is 4.64. The fraction of sp³-hybridized carbons (Fsp3) is 0.500. The average molecular weight is 410 g/mol. The number of aryl methyl sites for hydroxylation is 1. The molecule has 6 nitrogen and oxygen atoms in total. The van der Waals surface area contributed by atoms with Gasteiger partial charge in [0.15, 0.2) is 0 Å². The molecule has 1 aliphatic rings. The van der Waals surface area contributed by atoms with Crippen LogP contribution in [0, 0.1) is 6.92 Å². The van der Waals surface area contributed by atoms with E-state index in [1.54, 1.807) is 26.0 Å². The maximum Gasteiger partial charge on any atom is 0.418 e. The molecule has 1 atom stereocenters. The lowest BCUT2D eigenvalue weighted by Gasteiger charge is -2.24. The third kappa shape index (κ3) is 5.04. The van der Waals surface area contributed by atoms with Crippen molar-refractivity contribution < 1.29 is 22.7 Å². The standard InChI is InChI=1S/C20H25F3N4O2/c1-11-8-14(20(21,22)23)17-13(5-4-12(26-17)9-19(2,3)24)16(11)27-18(28)15-10-25-6-7-29-15/h4-5,8,15,25H,6-7,9-10,24H2,1-3H3,(H,27,28). The Balaban J connectivity index is 2.08. The van der Waals surface area contributed by atoms with Crippen LogP contribution in [-0.2, 0) is 22.1 Å². The molecular formula is C20H25F3N4O2. The number of halogens is 3. The fourth-order valence-corrected chi connectivity index (χ4v) is 3.36. The van der Waals surface area contributed by atoms with Gasteiger partial charge in [-0.3, -0.25) is 9.78 Å². The van der Waals surface area contributed by atoms with E-state index in [4.69, 9.17) is 10.5 Å². The van der Waals surface area contributed by atoms with Crippen LogP contribution < -0.4 is 16.4 Å². The number of amides is 1. The molecule has 1 aliphatic heterocycles. The van der Waals surface area contributed by atoms with Crippen molar-refractivity contribution in [3.8, 4) is 0 Å². The number of ether oxygens (including phenoxy) is 1. The number of morpholine rings is 1. The van der Waals surface area contributed by atoms with Gasteiger partial charge in [0.2, 0.25) is 0 Å². The molecule has 0 aliphatic carbocycles. The predicted molar refractivity (Wildman–Crippen MR) is 105 cm³/mol. The molecule has 2 heterocycles. The van der Waals surface area contributed by atoms with Gasteiger partial charge in [0.25, 0.3) is 5.91 Å². The molecule has 3 rings (SSSR count). The molecule has 0 saturated carbocycles. The minimum atomic E-state index is -4.58. The first-order valence-electron chi connectivity index (χ1n) is 9.38. The highest BCUT2D eigenvalue weighted by Crippen LogP contribution is 2.39. The zero-order valence-electron chi connectivity index (χ0n) is 16.6. The van der Waals surface area contributed by atoms with Crippen LogP contribution in [-0.4, -0.2) is 42.2 Å². The highest BCUT2D eigenvalue weighted by molar-refractivity contribution is 6.05. The molecule has 0 spiro atoms. The second-order valence-electron chi connectivity index (χ2n) is 8.03. The number of benzene rings is 1. The summed E-state index contributed by atoms with van der Waals surface area (Å²) in [6, 6.07) is 4.22. The number of carbonyl (C=O) groups is 1. The van der Waals surface area contributed by atoms with E-state index in [-0.39, 0.29) is 10.9 Å². The number of nitrogens with zero attached hydrogens (tertiary/aromatic N) is 1. The van der Waals surface area contributed by atoms with Crippen LogP contribution in [0.3, 0.4) is 0 Å². The molecule has 0 radical (unpaired) electrons. The summed E-state index contributed by atoms with van der Waals surface area (Å²) in [5.74, 6) is -0.409. The molecule has 2 aromatic rings. The van der Waals surface area contributed by atoms with Gasteiger partial charge in [0.05, 0.1) is 23.4 Å². The number of hydrogen-bond donors (Lipinski definition) is 3. The highest BCUT2D eigenvalue weighted by atomic mass is 19.4. The molecule has 0 bridgehead atoms. The topological polar surface area (TPSA) is 89.3 Å². The second-order valence-corrected chi connectivity index (χ2v) is 8.03. The van der Waals surface area contributed by atoms with Gasteiger partial charge in [-0.1, -0.05) is 0 Å². The maximum atomic E-state index is 13.7. The summed E-state index contributed by atoms with van der Waals surface area (Å²) in [5, 5.41) is 6.02. The highest BCUT2D eigenvalue weighted by Gasteiger charge is 2.35. The Labute approximate surface area is 167 Å². The molecular weight excluding hydrogens is 385 g/mol. The lowest BCUT2D eigenvalue weighted by Crippen LogP contribution is -2.45. The molecule has 4 N–H and O–H groups in total. The van der Waals surface area contributed by atoms with Gasteiger partial charge in [-0.2, -0.15) is 13.2 Å². The van der Waals surface area contributed by atoms with Crippen molar-refractivity contribution in [3.63, 3.8) is 0 Å². The molecule has 1 aromatic heterocycles. The number of pyridine rings is 1. The quantitative estimate of drug-likeness (QED) is 0.721. The molecule has 9 heteroatoms. The van der Waals surface area contributed by atoms with Gasteiger partial charge in [0.1, 0.15) is 6.10 Å².